The summed E-state index contributed by atoms with van der Waals surface area (Å²) in [6, 6.07) is 9.40. The zero-order chi connectivity index (χ0) is 16.9. The summed E-state index contributed by atoms with van der Waals surface area (Å²) >= 11 is 1.59. The van der Waals surface area contributed by atoms with Gasteiger partial charge in [0.15, 0.2) is 5.69 Å². The molecule has 1 aliphatic carbocycles. The van der Waals surface area contributed by atoms with Crippen molar-refractivity contribution in [2.45, 2.75) is 44.9 Å². The monoisotopic (exact) mass is 340 g/mol. The van der Waals surface area contributed by atoms with Crippen LogP contribution in [0, 0.1) is 11.3 Å². The summed E-state index contributed by atoms with van der Waals surface area (Å²) in [6.45, 7) is 2.13. The molecular weight excluding hydrogens is 320 g/mol. The van der Waals surface area contributed by atoms with Crippen LogP contribution in [0.15, 0.2) is 24.3 Å². The molecule has 0 spiro atoms. The predicted molar refractivity (Wildman–Crippen MR) is 94.0 cm³/mol. The number of thiazole rings is 1. The van der Waals surface area contributed by atoms with E-state index in [0.717, 1.165) is 28.3 Å². The maximum absolute atomic E-state index is 12.3. The number of carbonyl (C=O) groups is 1. The lowest BCUT2D eigenvalue weighted by Crippen LogP contribution is -2.08. The molecule has 1 aliphatic rings. The van der Waals surface area contributed by atoms with Crippen molar-refractivity contribution in [3.63, 3.8) is 0 Å². The van der Waals surface area contributed by atoms with Crippen LogP contribution in [-0.4, -0.2) is 17.6 Å². The lowest BCUT2D eigenvalue weighted by atomic mass is 9.90. The summed E-state index contributed by atoms with van der Waals surface area (Å²) < 4.78 is 5.19. The smallest absolute Gasteiger partial charge is 0.358 e. The van der Waals surface area contributed by atoms with E-state index < -0.39 is 0 Å². The highest BCUT2D eigenvalue weighted by Crippen LogP contribution is 2.39. The highest BCUT2D eigenvalue weighted by Gasteiger charge is 2.25. The van der Waals surface area contributed by atoms with Crippen molar-refractivity contribution in [2.75, 3.05) is 6.61 Å². The summed E-state index contributed by atoms with van der Waals surface area (Å²) in [5, 5.41) is 9.99. The minimum absolute atomic E-state index is 0.335. The largest absolute Gasteiger partial charge is 0.461 e. The topological polar surface area (TPSA) is 63.0 Å². The first-order valence-electron chi connectivity index (χ1n) is 8.41. The molecule has 2 aromatic rings. The fraction of sp³-hybridized carbons (Fsp3) is 0.421. The Bertz CT molecular complexity index is 753. The van der Waals surface area contributed by atoms with Gasteiger partial charge in [0.2, 0.25) is 0 Å². The molecule has 0 amide bonds. The van der Waals surface area contributed by atoms with Gasteiger partial charge in [0, 0.05) is 5.92 Å². The normalized spacial score (nSPS) is 15.0. The lowest BCUT2D eigenvalue weighted by Gasteiger charge is -2.18. The van der Waals surface area contributed by atoms with E-state index in [-0.39, 0.29) is 5.97 Å². The van der Waals surface area contributed by atoms with Gasteiger partial charge in [-0.15, -0.1) is 11.3 Å². The first-order valence-corrected chi connectivity index (χ1v) is 9.23. The number of hydrogen-bond donors (Lipinski definition) is 0. The van der Waals surface area contributed by atoms with Crippen LogP contribution in [0.2, 0.25) is 0 Å². The van der Waals surface area contributed by atoms with Crippen molar-refractivity contribution in [3.05, 3.63) is 40.5 Å². The van der Waals surface area contributed by atoms with Crippen molar-refractivity contribution in [2.24, 2.45) is 0 Å². The van der Waals surface area contributed by atoms with Crippen LogP contribution in [0.5, 0.6) is 0 Å². The Balaban J connectivity index is 1.99. The highest BCUT2D eigenvalue weighted by atomic mass is 32.1. The summed E-state index contributed by atoms with van der Waals surface area (Å²) in [5.74, 6) is 0.0826. The number of ether oxygens (including phenoxy) is 1. The van der Waals surface area contributed by atoms with Crippen molar-refractivity contribution in [3.8, 4) is 16.5 Å². The van der Waals surface area contributed by atoms with Gasteiger partial charge in [-0.3, -0.25) is 0 Å². The average molecular weight is 340 g/mol. The molecule has 124 valence electrons. The standard InChI is InChI=1S/C19H20N2O2S/c1-2-23-19(22)16-17(14-10-8-13(12-20)9-11-14)24-18(21-16)15-6-4-3-5-7-15/h8-11,15H,2-7H2,1H3. The number of aromatic nitrogens is 1. The van der Waals surface area contributed by atoms with E-state index >= 15 is 0 Å². The van der Waals surface area contributed by atoms with Gasteiger partial charge in [0.1, 0.15) is 0 Å². The second-order valence-electron chi connectivity index (χ2n) is 5.97. The Labute approximate surface area is 146 Å². The number of hydrogen-bond acceptors (Lipinski definition) is 5. The van der Waals surface area contributed by atoms with Gasteiger partial charge >= 0.3 is 5.97 Å². The van der Waals surface area contributed by atoms with Crippen molar-refractivity contribution in [1.82, 2.24) is 4.98 Å². The SMILES string of the molecule is CCOC(=O)c1nc(C2CCCCC2)sc1-c1ccc(C#N)cc1. The van der Waals surface area contributed by atoms with E-state index in [0.29, 0.717) is 23.8 Å². The Hall–Kier alpha value is -2.19. The van der Waals surface area contributed by atoms with Crippen LogP contribution in [0.25, 0.3) is 10.4 Å². The average Bonchev–Trinajstić information content (AvgIpc) is 3.08. The molecule has 0 bridgehead atoms. The molecule has 1 saturated carbocycles. The minimum atomic E-state index is -0.366. The first kappa shape index (κ1) is 16.7. The molecule has 3 rings (SSSR count). The number of carbonyl (C=O) groups excluding carboxylic acids is 1. The maximum Gasteiger partial charge on any atom is 0.358 e. The molecule has 4 nitrogen and oxygen atoms in total. The number of nitriles is 1. The molecule has 0 aliphatic heterocycles. The fourth-order valence-corrected chi connectivity index (χ4v) is 4.32. The second-order valence-corrected chi connectivity index (χ2v) is 7.01. The van der Waals surface area contributed by atoms with Gasteiger partial charge in [0.25, 0.3) is 0 Å². The van der Waals surface area contributed by atoms with E-state index in [1.807, 2.05) is 12.1 Å². The molecule has 0 saturated heterocycles. The third kappa shape index (κ3) is 3.49. The quantitative estimate of drug-likeness (QED) is 0.742. The molecule has 0 unspecified atom stereocenters. The van der Waals surface area contributed by atoms with E-state index in [9.17, 15) is 4.79 Å². The third-order valence-electron chi connectivity index (χ3n) is 4.34. The molecule has 1 aromatic heterocycles. The minimum Gasteiger partial charge on any atom is -0.461 e. The predicted octanol–water partition coefficient (Wildman–Crippen LogP) is 4.91. The molecule has 1 aromatic carbocycles. The summed E-state index contributed by atoms with van der Waals surface area (Å²) in [6.07, 6.45) is 6.02. The Morgan fingerprint density at radius 2 is 2.00 bits per heavy atom. The molecule has 1 fully saturated rings. The highest BCUT2D eigenvalue weighted by molar-refractivity contribution is 7.15. The van der Waals surface area contributed by atoms with Crippen LogP contribution in [0.4, 0.5) is 0 Å². The van der Waals surface area contributed by atoms with Gasteiger partial charge in [-0.2, -0.15) is 5.26 Å². The Morgan fingerprint density at radius 3 is 2.62 bits per heavy atom. The first-order chi connectivity index (χ1) is 11.7. The molecule has 0 atom stereocenters. The van der Waals surface area contributed by atoms with Gasteiger partial charge < -0.3 is 4.74 Å². The van der Waals surface area contributed by atoms with Gasteiger partial charge in [-0.25, -0.2) is 9.78 Å². The van der Waals surface area contributed by atoms with Crippen LogP contribution >= 0.6 is 11.3 Å². The lowest BCUT2D eigenvalue weighted by molar-refractivity contribution is 0.0521. The van der Waals surface area contributed by atoms with Crippen molar-refractivity contribution < 1.29 is 9.53 Å². The van der Waals surface area contributed by atoms with E-state index in [1.165, 1.54) is 19.3 Å². The molecule has 0 N–H and O–H groups in total. The van der Waals surface area contributed by atoms with E-state index in [4.69, 9.17) is 10.00 Å². The van der Waals surface area contributed by atoms with Gasteiger partial charge in [-0.1, -0.05) is 31.4 Å². The number of esters is 1. The van der Waals surface area contributed by atoms with Gasteiger partial charge in [-0.05, 0) is 37.5 Å². The van der Waals surface area contributed by atoms with Crippen LogP contribution < -0.4 is 0 Å². The summed E-state index contributed by atoms with van der Waals surface area (Å²) in [5.41, 5.74) is 1.93. The zero-order valence-electron chi connectivity index (χ0n) is 13.7. The summed E-state index contributed by atoms with van der Waals surface area (Å²) in [4.78, 5) is 17.8. The number of nitrogens with zero attached hydrogens (tertiary/aromatic N) is 2. The van der Waals surface area contributed by atoms with Crippen LogP contribution in [-0.2, 0) is 4.74 Å². The molecule has 24 heavy (non-hydrogen) atoms. The third-order valence-corrected chi connectivity index (χ3v) is 5.61. The second kappa shape index (κ2) is 7.59. The van der Waals surface area contributed by atoms with Gasteiger partial charge in [0.05, 0.1) is 28.1 Å². The maximum atomic E-state index is 12.3. The molecular formula is C19H20N2O2S. The molecule has 5 heteroatoms. The molecule has 1 heterocycles. The zero-order valence-corrected chi connectivity index (χ0v) is 14.6. The Kier molecular flexibility index (Phi) is 5.27. The van der Waals surface area contributed by atoms with E-state index in [1.54, 1.807) is 30.4 Å². The Morgan fingerprint density at radius 1 is 1.29 bits per heavy atom. The van der Waals surface area contributed by atoms with Crippen LogP contribution in [0.1, 0.15) is 66.0 Å². The van der Waals surface area contributed by atoms with E-state index in [2.05, 4.69) is 11.1 Å². The fourth-order valence-electron chi connectivity index (χ4n) is 3.09. The van der Waals surface area contributed by atoms with Crippen molar-refractivity contribution >= 4 is 17.3 Å². The van der Waals surface area contributed by atoms with Crippen molar-refractivity contribution in [1.29, 1.82) is 5.26 Å². The molecule has 0 radical (unpaired) electrons. The summed E-state index contributed by atoms with van der Waals surface area (Å²) in [7, 11) is 0. The van der Waals surface area contributed by atoms with Crippen LogP contribution in [0.3, 0.4) is 0 Å². The number of rotatable bonds is 4. The number of benzene rings is 1.